The Balaban J connectivity index is 1.82. The number of rotatable bonds is 5. The first-order valence-corrected chi connectivity index (χ1v) is 9.32. The third-order valence-corrected chi connectivity index (χ3v) is 5.71. The van der Waals surface area contributed by atoms with Gasteiger partial charge in [0, 0.05) is 12.1 Å². The van der Waals surface area contributed by atoms with Crippen molar-refractivity contribution in [2.45, 2.75) is 57.5 Å². The number of nitrogens with zero attached hydrogens (tertiary/aromatic N) is 1. The Morgan fingerprint density at radius 1 is 1.26 bits per heavy atom. The Morgan fingerprint density at radius 3 is 2.74 bits per heavy atom. The number of unbranched alkanes of at least 4 members (excludes halogenated alkanes) is 1. The normalized spacial score (nSPS) is 26.0. The molecule has 23 heavy (non-hydrogen) atoms. The van der Waals surface area contributed by atoms with Gasteiger partial charge in [-0.25, -0.2) is 0 Å². The maximum Gasteiger partial charge on any atom is 0.119 e. The molecule has 0 aliphatic carbocycles. The second-order valence-corrected chi connectivity index (χ2v) is 7.39. The monoisotopic (exact) mass is 316 g/mol. The maximum atomic E-state index is 5.46. The van der Waals surface area contributed by atoms with Gasteiger partial charge in [0.25, 0.3) is 0 Å². The number of benzene rings is 1. The summed E-state index contributed by atoms with van der Waals surface area (Å²) in [5, 5.41) is 4.01. The molecular weight excluding hydrogens is 284 g/mol. The van der Waals surface area contributed by atoms with Crippen molar-refractivity contribution in [2.75, 3.05) is 27.2 Å². The maximum absolute atomic E-state index is 5.46. The third-order valence-electron chi connectivity index (χ3n) is 5.71. The van der Waals surface area contributed by atoms with E-state index in [2.05, 4.69) is 42.4 Å². The van der Waals surface area contributed by atoms with Gasteiger partial charge in [-0.3, -0.25) is 0 Å². The molecule has 0 saturated carbocycles. The summed E-state index contributed by atoms with van der Waals surface area (Å²) in [7, 11) is 4.01. The second kappa shape index (κ2) is 7.67. The first-order valence-electron chi connectivity index (χ1n) is 9.32. The standard InChI is InChI=1S/C20H32N2O/c1-4-5-6-17-13-16-14-18(23-3)7-8-19(16)20(21-17)15-9-11-22(2)12-10-15/h7-8,14-15,17,20-21H,4-6,9-13H2,1-3H3/t17-,20?/m0/s1. The lowest BCUT2D eigenvalue weighted by atomic mass is 9.79. The molecule has 128 valence electrons. The van der Waals surface area contributed by atoms with Gasteiger partial charge in [-0.2, -0.15) is 0 Å². The van der Waals surface area contributed by atoms with Crippen LogP contribution in [0.15, 0.2) is 18.2 Å². The number of ether oxygens (including phenoxy) is 1. The van der Waals surface area contributed by atoms with E-state index < -0.39 is 0 Å². The molecule has 1 unspecified atom stereocenters. The molecule has 0 radical (unpaired) electrons. The van der Waals surface area contributed by atoms with Gasteiger partial charge in [0.2, 0.25) is 0 Å². The van der Waals surface area contributed by atoms with Crippen molar-refractivity contribution in [1.82, 2.24) is 10.2 Å². The average Bonchev–Trinajstić information content (AvgIpc) is 2.59. The summed E-state index contributed by atoms with van der Waals surface area (Å²) >= 11 is 0. The van der Waals surface area contributed by atoms with Crippen LogP contribution in [0.3, 0.4) is 0 Å². The smallest absolute Gasteiger partial charge is 0.119 e. The summed E-state index contributed by atoms with van der Waals surface area (Å²) in [5.41, 5.74) is 3.03. The van der Waals surface area contributed by atoms with Crippen LogP contribution in [-0.2, 0) is 6.42 Å². The van der Waals surface area contributed by atoms with E-state index in [-0.39, 0.29) is 0 Å². The lowest BCUT2D eigenvalue weighted by Gasteiger charge is -2.41. The highest BCUT2D eigenvalue weighted by atomic mass is 16.5. The van der Waals surface area contributed by atoms with Crippen molar-refractivity contribution in [2.24, 2.45) is 5.92 Å². The Bertz CT molecular complexity index is 508. The zero-order valence-electron chi connectivity index (χ0n) is 15.0. The van der Waals surface area contributed by atoms with Crippen molar-refractivity contribution >= 4 is 0 Å². The molecule has 3 nitrogen and oxygen atoms in total. The van der Waals surface area contributed by atoms with Crippen molar-refractivity contribution in [1.29, 1.82) is 0 Å². The largest absolute Gasteiger partial charge is 0.497 e. The van der Waals surface area contributed by atoms with E-state index in [9.17, 15) is 0 Å². The first-order chi connectivity index (χ1) is 11.2. The van der Waals surface area contributed by atoms with Crippen LogP contribution in [0.5, 0.6) is 5.75 Å². The van der Waals surface area contributed by atoms with Gasteiger partial charge < -0.3 is 15.0 Å². The lowest BCUT2D eigenvalue weighted by Crippen LogP contribution is -2.45. The van der Waals surface area contributed by atoms with Gasteiger partial charge in [0.1, 0.15) is 5.75 Å². The molecule has 2 aliphatic heterocycles. The molecule has 0 aromatic heterocycles. The molecule has 2 atom stereocenters. The number of hydrogen-bond acceptors (Lipinski definition) is 3. The van der Waals surface area contributed by atoms with Gasteiger partial charge in [0.05, 0.1) is 7.11 Å². The van der Waals surface area contributed by atoms with Crippen molar-refractivity contribution < 1.29 is 4.74 Å². The number of hydrogen-bond donors (Lipinski definition) is 1. The quantitative estimate of drug-likeness (QED) is 0.894. The summed E-state index contributed by atoms with van der Waals surface area (Å²) in [6.45, 7) is 4.75. The van der Waals surface area contributed by atoms with Crippen LogP contribution < -0.4 is 10.1 Å². The topological polar surface area (TPSA) is 24.5 Å². The third kappa shape index (κ3) is 3.89. The Hall–Kier alpha value is -1.06. The fourth-order valence-corrected chi connectivity index (χ4v) is 4.25. The van der Waals surface area contributed by atoms with Crippen LogP contribution in [0.4, 0.5) is 0 Å². The van der Waals surface area contributed by atoms with Gasteiger partial charge >= 0.3 is 0 Å². The molecular formula is C20H32N2O. The molecule has 2 aliphatic rings. The molecule has 1 aromatic carbocycles. The fraction of sp³-hybridized carbons (Fsp3) is 0.700. The van der Waals surface area contributed by atoms with E-state index in [0.29, 0.717) is 12.1 Å². The van der Waals surface area contributed by atoms with E-state index in [1.165, 1.54) is 56.3 Å². The molecule has 3 heteroatoms. The number of nitrogens with one attached hydrogen (secondary N) is 1. The highest BCUT2D eigenvalue weighted by Gasteiger charge is 2.33. The number of likely N-dealkylation sites (tertiary alicyclic amines) is 1. The van der Waals surface area contributed by atoms with E-state index in [1.54, 1.807) is 7.11 Å². The molecule has 1 N–H and O–H groups in total. The molecule has 1 aromatic rings. The van der Waals surface area contributed by atoms with E-state index in [0.717, 1.165) is 18.1 Å². The lowest BCUT2D eigenvalue weighted by molar-refractivity contribution is 0.170. The Kier molecular flexibility index (Phi) is 5.60. The zero-order valence-corrected chi connectivity index (χ0v) is 15.0. The SMILES string of the molecule is CCCC[C@H]1Cc2cc(OC)ccc2C(C2CCN(C)CC2)N1. The number of piperidine rings is 1. The van der Waals surface area contributed by atoms with E-state index >= 15 is 0 Å². The fourth-order valence-electron chi connectivity index (χ4n) is 4.25. The second-order valence-electron chi connectivity index (χ2n) is 7.39. The number of fused-ring (bicyclic) bond motifs is 1. The summed E-state index contributed by atoms with van der Waals surface area (Å²) in [6, 6.07) is 7.87. The van der Waals surface area contributed by atoms with Gasteiger partial charge in [-0.05, 0) is 75.0 Å². The summed E-state index contributed by atoms with van der Waals surface area (Å²) in [4.78, 5) is 2.46. The minimum Gasteiger partial charge on any atom is -0.497 e. The first kappa shape index (κ1) is 16.8. The van der Waals surface area contributed by atoms with Gasteiger partial charge in [-0.1, -0.05) is 25.8 Å². The van der Waals surface area contributed by atoms with Crippen LogP contribution >= 0.6 is 0 Å². The van der Waals surface area contributed by atoms with Crippen molar-refractivity contribution in [3.8, 4) is 5.75 Å². The van der Waals surface area contributed by atoms with Crippen LogP contribution in [0.25, 0.3) is 0 Å². The van der Waals surface area contributed by atoms with Crippen LogP contribution in [0.2, 0.25) is 0 Å². The zero-order chi connectivity index (χ0) is 16.2. The predicted octanol–water partition coefficient (Wildman–Crippen LogP) is 3.78. The van der Waals surface area contributed by atoms with E-state index in [4.69, 9.17) is 4.74 Å². The minimum absolute atomic E-state index is 0.528. The van der Waals surface area contributed by atoms with E-state index in [1.807, 2.05) is 0 Å². The highest BCUT2D eigenvalue weighted by Crippen LogP contribution is 2.37. The van der Waals surface area contributed by atoms with Crippen molar-refractivity contribution in [3.05, 3.63) is 29.3 Å². The van der Waals surface area contributed by atoms with Crippen LogP contribution in [0.1, 0.15) is 56.2 Å². The number of methoxy groups -OCH3 is 1. The summed E-state index contributed by atoms with van der Waals surface area (Å²) in [5.74, 6) is 1.77. The van der Waals surface area contributed by atoms with Crippen LogP contribution in [-0.4, -0.2) is 38.2 Å². The molecule has 0 spiro atoms. The molecule has 1 fully saturated rings. The molecule has 0 amide bonds. The minimum atomic E-state index is 0.528. The van der Waals surface area contributed by atoms with Crippen molar-refractivity contribution in [3.63, 3.8) is 0 Å². The average molecular weight is 316 g/mol. The Labute approximate surface area is 141 Å². The predicted molar refractivity (Wildman–Crippen MR) is 96.1 cm³/mol. The highest BCUT2D eigenvalue weighted by molar-refractivity contribution is 5.40. The Morgan fingerprint density at radius 2 is 2.04 bits per heavy atom. The molecule has 1 saturated heterocycles. The molecule has 0 bridgehead atoms. The van der Waals surface area contributed by atoms with Crippen LogP contribution in [0, 0.1) is 5.92 Å². The molecule has 2 heterocycles. The molecule has 3 rings (SSSR count). The van der Waals surface area contributed by atoms with Gasteiger partial charge in [0.15, 0.2) is 0 Å². The summed E-state index contributed by atoms with van der Waals surface area (Å²) < 4.78 is 5.46. The summed E-state index contributed by atoms with van der Waals surface area (Å²) in [6.07, 6.45) is 7.64. The van der Waals surface area contributed by atoms with Gasteiger partial charge in [-0.15, -0.1) is 0 Å².